The molecule has 0 saturated heterocycles. The highest BCUT2D eigenvalue weighted by molar-refractivity contribution is 5.46. The normalized spacial score (nSPS) is 10.9. The molecule has 0 saturated carbocycles. The van der Waals surface area contributed by atoms with E-state index in [9.17, 15) is 5.26 Å². The predicted octanol–water partition coefficient (Wildman–Crippen LogP) is 3.17. The molecule has 0 unspecified atom stereocenters. The fourth-order valence-corrected chi connectivity index (χ4v) is 2.68. The van der Waals surface area contributed by atoms with Crippen LogP contribution in [-0.2, 0) is 13.0 Å². The van der Waals surface area contributed by atoms with Crippen molar-refractivity contribution in [3.05, 3.63) is 65.2 Å². The van der Waals surface area contributed by atoms with E-state index in [2.05, 4.69) is 47.2 Å². The summed E-state index contributed by atoms with van der Waals surface area (Å²) in [6.45, 7) is 3.23. The molecule has 2 aromatic rings. The molecule has 0 aliphatic rings. The molecule has 0 spiro atoms. The van der Waals surface area contributed by atoms with Gasteiger partial charge < -0.3 is 9.64 Å². The van der Waals surface area contributed by atoms with Crippen molar-refractivity contribution in [2.24, 2.45) is 0 Å². The zero-order chi connectivity index (χ0) is 18.1. The summed E-state index contributed by atoms with van der Waals surface area (Å²) in [6.07, 6.45) is 0.811. The lowest BCUT2D eigenvalue weighted by atomic mass is 10.0. The van der Waals surface area contributed by atoms with Gasteiger partial charge in [-0.15, -0.1) is 0 Å². The average molecular weight is 337 g/mol. The Morgan fingerprint density at radius 3 is 2.40 bits per heavy atom. The first kappa shape index (κ1) is 19.0. The maximum absolute atomic E-state index is 9.36. The van der Waals surface area contributed by atoms with E-state index in [0.717, 1.165) is 37.4 Å². The number of rotatable bonds is 9. The molecule has 2 rings (SSSR count). The number of hydrogen-bond acceptors (Lipinski definition) is 4. The summed E-state index contributed by atoms with van der Waals surface area (Å²) in [5.41, 5.74) is 3.00. The van der Waals surface area contributed by atoms with Crippen molar-refractivity contribution >= 4 is 0 Å². The van der Waals surface area contributed by atoms with Crippen molar-refractivity contribution in [3.63, 3.8) is 0 Å². The molecule has 0 aliphatic carbocycles. The second-order valence-electron chi connectivity index (χ2n) is 6.52. The molecule has 4 nitrogen and oxygen atoms in total. The Hall–Kier alpha value is -2.35. The minimum absolute atomic E-state index is 0.604. The van der Waals surface area contributed by atoms with Gasteiger partial charge in [-0.1, -0.05) is 36.4 Å². The number of nitriles is 1. The highest BCUT2D eigenvalue weighted by Gasteiger charge is 2.10. The molecule has 132 valence electrons. The molecule has 0 aromatic heterocycles. The van der Waals surface area contributed by atoms with E-state index in [1.807, 2.05) is 38.4 Å². The van der Waals surface area contributed by atoms with E-state index < -0.39 is 0 Å². The Kier molecular flexibility index (Phi) is 7.46. The second kappa shape index (κ2) is 9.83. The minimum atomic E-state index is 0.604. The maximum atomic E-state index is 9.36. The lowest BCUT2D eigenvalue weighted by Crippen LogP contribution is -2.24. The summed E-state index contributed by atoms with van der Waals surface area (Å²) < 4.78 is 6.01. The molecule has 2 aromatic carbocycles. The Labute approximate surface area is 151 Å². The fourth-order valence-electron chi connectivity index (χ4n) is 2.68. The van der Waals surface area contributed by atoms with Gasteiger partial charge in [-0.3, -0.25) is 4.90 Å². The molecular formula is C21H27N3O. The molecule has 0 amide bonds. The number of benzene rings is 2. The quantitative estimate of drug-likeness (QED) is 0.704. The summed E-state index contributed by atoms with van der Waals surface area (Å²) in [5.74, 6) is 0.828. The third-order valence-electron chi connectivity index (χ3n) is 4.09. The van der Waals surface area contributed by atoms with Gasteiger partial charge in [-0.05, 0) is 45.3 Å². The first-order chi connectivity index (χ1) is 12.1. The van der Waals surface area contributed by atoms with Crippen LogP contribution in [0.2, 0.25) is 0 Å². The van der Waals surface area contributed by atoms with Gasteiger partial charge >= 0.3 is 0 Å². The van der Waals surface area contributed by atoms with Crippen LogP contribution >= 0.6 is 0 Å². The van der Waals surface area contributed by atoms with Crippen LogP contribution in [0.15, 0.2) is 48.5 Å². The minimum Gasteiger partial charge on any atom is -0.492 e. The summed E-state index contributed by atoms with van der Waals surface area (Å²) >= 11 is 0. The molecule has 0 fully saturated rings. The van der Waals surface area contributed by atoms with Crippen LogP contribution in [-0.4, -0.2) is 50.6 Å². The fraction of sp³-hybridized carbons (Fsp3) is 0.381. The smallest absolute Gasteiger partial charge is 0.123 e. The monoisotopic (exact) mass is 337 g/mol. The summed E-state index contributed by atoms with van der Waals surface area (Å²) in [7, 11) is 6.16. The molecule has 0 N–H and O–H groups in total. The Bertz CT molecular complexity index is 692. The second-order valence-corrected chi connectivity index (χ2v) is 6.52. The zero-order valence-corrected chi connectivity index (χ0v) is 15.4. The van der Waals surface area contributed by atoms with Crippen LogP contribution < -0.4 is 4.74 Å². The molecule has 0 radical (unpaired) electrons. The average Bonchev–Trinajstić information content (AvgIpc) is 2.61. The third kappa shape index (κ3) is 6.22. The lowest BCUT2D eigenvalue weighted by molar-refractivity contribution is 0.231. The molecule has 25 heavy (non-hydrogen) atoms. The van der Waals surface area contributed by atoms with Gasteiger partial charge in [0, 0.05) is 25.2 Å². The van der Waals surface area contributed by atoms with Gasteiger partial charge in [0.2, 0.25) is 0 Å². The van der Waals surface area contributed by atoms with Gasteiger partial charge in [0.15, 0.2) is 0 Å². The van der Waals surface area contributed by atoms with Crippen LogP contribution in [0.1, 0.15) is 16.7 Å². The predicted molar refractivity (Wildman–Crippen MR) is 102 cm³/mol. The van der Waals surface area contributed by atoms with E-state index >= 15 is 0 Å². The lowest BCUT2D eigenvalue weighted by Gasteiger charge is -2.19. The van der Waals surface area contributed by atoms with Gasteiger partial charge in [-0.25, -0.2) is 0 Å². The van der Waals surface area contributed by atoms with Crippen molar-refractivity contribution in [3.8, 4) is 11.8 Å². The number of ether oxygens (including phenoxy) is 1. The van der Waals surface area contributed by atoms with Crippen LogP contribution in [0.3, 0.4) is 0 Å². The van der Waals surface area contributed by atoms with Crippen molar-refractivity contribution in [1.82, 2.24) is 9.80 Å². The molecule has 0 atom stereocenters. The molecule has 0 aliphatic heterocycles. The van der Waals surface area contributed by atoms with Gasteiger partial charge in [-0.2, -0.15) is 5.26 Å². The number of nitrogens with zero attached hydrogens (tertiary/aromatic N) is 3. The maximum Gasteiger partial charge on any atom is 0.123 e. The standard InChI is InChI=1S/C21H27N3O/c1-23(2)13-12-20-19(16-22)10-7-11-21(20)25-15-14-24(3)17-18-8-5-4-6-9-18/h4-11H,12-15,17H2,1-3H3. The van der Waals surface area contributed by atoms with Gasteiger partial charge in [0.1, 0.15) is 12.4 Å². The first-order valence-electron chi connectivity index (χ1n) is 8.62. The van der Waals surface area contributed by atoms with Crippen molar-refractivity contribution in [2.45, 2.75) is 13.0 Å². The third-order valence-corrected chi connectivity index (χ3v) is 4.09. The largest absolute Gasteiger partial charge is 0.492 e. The van der Waals surface area contributed by atoms with E-state index in [1.54, 1.807) is 0 Å². The van der Waals surface area contributed by atoms with E-state index in [-0.39, 0.29) is 0 Å². The Balaban J connectivity index is 1.92. The van der Waals surface area contributed by atoms with Crippen LogP contribution in [0.25, 0.3) is 0 Å². The highest BCUT2D eigenvalue weighted by Crippen LogP contribution is 2.23. The van der Waals surface area contributed by atoms with Crippen molar-refractivity contribution in [2.75, 3.05) is 40.8 Å². The Morgan fingerprint density at radius 1 is 0.960 bits per heavy atom. The van der Waals surface area contributed by atoms with Crippen LogP contribution in [0, 0.1) is 11.3 Å². The van der Waals surface area contributed by atoms with Crippen LogP contribution in [0.4, 0.5) is 0 Å². The summed E-state index contributed by atoms with van der Waals surface area (Å²) in [6, 6.07) is 18.4. The number of likely N-dealkylation sites (N-methyl/N-ethyl adjacent to an activating group) is 2. The first-order valence-corrected chi connectivity index (χ1v) is 8.62. The SMILES string of the molecule is CN(C)CCc1c(C#N)cccc1OCCN(C)Cc1ccccc1. The zero-order valence-electron chi connectivity index (χ0n) is 15.4. The molecule has 4 heteroatoms. The molecule has 0 heterocycles. The van der Waals surface area contributed by atoms with Crippen molar-refractivity contribution in [1.29, 1.82) is 5.26 Å². The molecule has 0 bridgehead atoms. The Morgan fingerprint density at radius 2 is 1.72 bits per heavy atom. The van der Waals surface area contributed by atoms with Crippen LogP contribution in [0.5, 0.6) is 5.75 Å². The molecular weight excluding hydrogens is 310 g/mol. The summed E-state index contributed by atoms with van der Waals surface area (Å²) in [4.78, 5) is 4.36. The van der Waals surface area contributed by atoms with Gasteiger partial charge in [0.05, 0.1) is 11.6 Å². The van der Waals surface area contributed by atoms with E-state index in [4.69, 9.17) is 4.74 Å². The number of hydrogen-bond donors (Lipinski definition) is 0. The topological polar surface area (TPSA) is 39.5 Å². The van der Waals surface area contributed by atoms with E-state index in [1.165, 1.54) is 5.56 Å². The summed E-state index contributed by atoms with van der Waals surface area (Å²) in [5, 5.41) is 9.36. The van der Waals surface area contributed by atoms with Gasteiger partial charge in [0.25, 0.3) is 0 Å². The highest BCUT2D eigenvalue weighted by atomic mass is 16.5. The van der Waals surface area contributed by atoms with Crippen molar-refractivity contribution < 1.29 is 4.74 Å². The van der Waals surface area contributed by atoms with E-state index in [0.29, 0.717) is 12.2 Å².